The van der Waals surface area contributed by atoms with Crippen molar-refractivity contribution in [1.82, 2.24) is 25.3 Å². The SMILES string of the molecule is O=C(CNC(=O)C(F)(F)F)c1cc(F)c(CN(C(=O)N2CCOCC2)c2ccccc2)c(F)c1.O=C(N1CCOCC1)N(Cc1c(F)cc(-c2nnc(C(F)(F)F)o2)cc1F)c1ccccc1. The predicted molar refractivity (Wildman–Crippen MR) is 215 cm³/mol. The minimum Gasteiger partial charge on any atom is -0.413 e. The third kappa shape index (κ3) is 12.6. The van der Waals surface area contributed by atoms with Crippen LogP contribution in [0.4, 0.5) is 64.9 Å². The van der Waals surface area contributed by atoms with Gasteiger partial charge in [0.1, 0.15) is 23.3 Å². The second-order valence-electron chi connectivity index (χ2n) is 14.5. The van der Waals surface area contributed by atoms with E-state index in [0.29, 0.717) is 76.1 Å². The molecule has 4 aromatic carbocycles. The number of amides is 5. The Morgan fingerprint density at radius 2 is 1.03 bits per heavy atom. The van der Waals surface area contributed by atoms with E-state index in [0.717, 1.165) is 12.1 Å². The molecule has 7 rings (SSSR count). The lowest BCUT2D eigenvalue weighted by Gasteiger charge is -2.33. The minimum absolute atomic E-state index is 0.296. The Kier molecular flexibility index (Phi) is 15.8. The van der Waals surface area contributed by atoms with Crippen molar-refractivity contribution in [2.75, 3.05) is 69.0 Å². The van der Waals surface area contributed by atoms with Crippen LogP contribution in [-0.2, 0) is 33.5 Å². The number of anilines is 2. The summed E-state index contributed by atoms with van der Waals surface area (Å²) in [5, 5.41) is 7.42. The van der Waals surface area contributed by atoms with Gasteiger partial charge in [-0.25, -0.2) is 27.2 Å². The third-order valence-electron chi connectivity index (χ3n) is 9.98. The highest BCUT2D eigenvalue weighted by molar-refractivity contribution is 6.00. The number of morpholine rings is 2. The molecule has 0 atom stereocenters. The first-order valence-electron chi connectivity index (χ1n) is 20.0. The van der Waals surface area contributed by atoms with E-state index < -0.39 is 107 Å². The summed E-state index contributed by atoms with van der Waals surface area (Å²) in [6, 6.07) is 18.5. The molecule has 2 aliphatic rings. The van der Waals surface area contributed by atoms with Crippen molar-refractivity contribution in [1.29, 1.82) is 0 Å². The summed E-state index contributed by atoms with van der Waals surface area (Å²) in [4.78, 5) is 54.5. The lowest BCUT2D eigenvalue weighted by atomic mass is 10.1. The van der Waals surface area contributed by atoms with Gasteiger partial charge in [0.15, 0.2) is 5.78 Å². The summed E-state index contributed by atoms with van der Waals surface area (Å²) < 4.78 is 149. The van der Waals surface area contributed by atoms with Gasteiger partial charge in [-0.2, -0.15) is 26.3 Å². The van der Waals surface area contributed by atoms with Gasteiger partial charge >= 0.3 is 36.2 Å². The molecule has 5 amide bonds. The van der Waals surface area contributed by atoms with Gasteiger partial charge in [0.2, 0.25) is 5.89 Å². The number of nitrogens with one attached hydrogen (secondary N) is 1. The fourth-order valence-corrected chi connectivity index (χ4v) is 6.53. The number of halogens is 10. The standard InChI is InChI=1S/C22H20F5N3O4.C21H17F5N4O3/c23-17-10-14(19(31)12-28-20(32)22(25,26)27)11-18(24)16(17)13-30(15-4-2-1-3-5-15)21(33)29-6-8-34-9-7-29;22-16-10-13(18-27-28-19(33-18)21(24,25)26)11-17(23)15(16)12-30(14-4-2-1-3-5-14)20(31)29-6-8-32-9-7-29/h1-5,10-11H,6-9,12-13H2,(H,28,32);1-5,10-11H,6-9,12H2. The maximum Gasteiger partial charge on any atom is 0.471 e. The van der Waals surface area contributed by atoms with Gasteiger partial charge in [-0.1, -0.05) is 36.4 Å². The zero-order valence-corrected chi connectivity index (χ0v) is 34.7. The molecule has 2 aliphatic heterocycles. The number of nitrogens with zero attached hydrogens (tertiary/aromatic N) is 6. The van der Waals surface area contributed by atoms with E-state index in [1.807, 2.05) is 0 Å². The van der Waals surface area contributed by atoms with Crippen molar-refractivity contribution in [3.63, 3.8) is 0 Å². The van der Waals surface area contributed by atoms with Crippen molar-refractivity contribution in [2.45, 2.75) is 25.4 Å². The number of hydrogen-bond acceptors (Lipinski definition) is 9. The average molecular weight is 954 g/mol. The molecule has 14 nitrogen and oxygen atoms in total. The lowest BCUT2D eigenvalue weighted by molar-refractivity contribution is -0.173. The largest absolute Gasteiger partial charge is 0.471 e. The first kappa shape index (κ1) is 49.4. The fraction of sp³-hybridized carbons (Fsp3) is 0.302. The number of urea groups is 2. The Balaban J connectivity index is 0.000000221. The first-order chi connectivity index (χ1) is 31.8. The van der Waals surface area contributed by atoms with E-state index in [1.54, 1.807) is 60.7 Å². The molecule has 2 fully saturated rings. The summed E-state index contributed by atoms with van der Waals surface area (Å²) in [5.41, 5.74) is -1.08. The van der Waals surface area contributed by atoms with Gasteiger partial charge in [0.25, 0.3) is 0 Å². The lowest BCUT2D eigenvalue weighted by Crippen LogP contribution is -2.48. The van der Waals surface area contributed by atoms with Crippen LogP contribution in [0.3, 0.4) is 0 Å². The molecule has 356 valence electrons. The Hall–Kier alpha value is -7.08. The van der Waals surface area contributed by atoms with Crippen molar-refractivity contribution >= 4 is 35.1 Å². The van der Waals surface area contributed by atoms with E-state index in [4.69, 9.17) is 9.47 Å². The quantitative estimate of drug-likeness (QED) is 0.109. The van der Waals surface area contributed by atoms with Crippen molar-refractivity contribution in [3.8, 4) is 11.5 Å². The first-order valence-corrected chi connectivity index (χ1v) is 20.0. The summed E-state index contributed by atoms with van der Waals surface area (Å²) in [6.45, 7) is 0.516. The fourth-order valence-electron chi connectivity index (χ4n) is 6.53. The molecule has 1 aromatic heterocycles. The number of aromatic nitrogens is 2. The summed E-state index contributed by atoms with van der Waals surface area (Å²) in [7, 11) is 0. The molecule has 1 N–H and O–H groups in total. The summed E-state index contributed by atoms with van der Waals surface area (Å²) >= 11 is 0. The highest BCUT2D eigenvalue weighted by Gasteiger charge is 2.40. The summed E-state index contributed by atoms with van der Waals surface area (Å²) in [6.07, 6.45) is -10.1. The number of rotatable bonds is 10. The van der Waals surface area contributed by atoms with Crippen LogP contribution in [0.25, 0.3) is 11.5 Å². The zero-order chi connectivity index (χ0) is 48.5. The minimum atomic E-state index is -5.20. The maximum absolute atomic E-state index is 14.9. The average Bonchev–Trinajstić information content (AvgIpc) is 3.83. The van der Waals surface area contributed by atoms with Crippen molar-refractivity contribution < 1.29 is 77.0 Å². The van der Waals surface area contributed by atoms with Gasteiger partial charge in [-0.05, 0) is 48.5 Å². The Morgan fingerprint density at radius 3 is 1.42 bits per heavy atom. The Morgan fingerprint density at radius 1 is 0.612 bits per heavy atom. The molecule has 2 saturated heterocycles. The zero-order valence-electron chi connectivity index (χ0n) is 34.7. The van der Waals surface area contributed by atoms with Crippen molar-refractivity contribution in [2.24, 2.45) is 0 Å². The van der Waals surface area contributed by atoms with Gasteiger partial charge in [0.05, 0.1) is 46.1 Å². The highest BCUT2D eigenvalue weighted by Crippen LogP contribution is 2.32. The van der Waals surface area contributed by atoms with Gasteiger partial charge in [0, 0.05) is 59.8 Å². The van der Waals surface area contributed by atoms with E-state index in [2.05, 4.69) is 14.6 Å². The van der Waals surface area contributed by atoms with Crippen LogP contribution in [0.15, 0.2) is 89.3 Å². The molecule has 0 bridgehead atoms. The van der Waals surface area contributed by atoms with E-state index >= 15 is 0 Å². The number of Topliss-reactive ketones (excluding diaryl/α,β-unsaturated/α-hetero) is 1. The second kappa shape index (κ2) is 21.5. The number of ether oxygens (including phenoxy) is 2. The molecule has 0 aliphatic carbocycles. The number of para-hydroxylation sites is 2. The Bertz CT molecular complexity index is 2490. The van der Waals surface area contributed by atoms with E-state index in [-0.39, 0.29) is 5.56 Å². The summed E-state index contributed by atoms with van der Waals surface area (Å²) in [5.74, 6) is -10.3. The van der Waals surface area contributed by atoms with Crippen LogP contribution in [0.1, 0.15) is 27.4 Å². The molecule has 24 heteroatoms. The molecule has 0 spiro atoms. The van der Waals surface area contributed by atoms with Crippen LogP contribution < -0.4 is 15.1 Å². The number of benzene rings is 4. The van der Waals surface area contributed by atoms with Crippen LogP contribution in [-0.4, -0.2) is 109 Å². The highest BCUT2D eigenvalue weighted by atomic mass is 19.4. The number of alkyl halides is 6. The van der Waals surface area contributed by atoms with E-state index in [9.17, 15) is 63.1 Å². The normalized spacial score (nSPS) is 14.2. The van der Waals surface area contributed by atoms with Gasteiger partial charge in [-0.3, -0.25) is 19.4 Å². The molecule has 5 aromatic rings. The number of carbonyl (C=O) groups is 4. The van der Waals surface area contributed by atoms with Crippen LogP contribution >= 0.6 is 0 Å². The second-order valence-corrected chi connectivity index (χ2v) is 14.5. The van der Waals surface area contributed by atoms with Crippen molar-refractivity contribution in [3.05, 3.63) is 131 Å². The third-order valence-corrected chi connectivity index (χ3v) is 9.98. The molecule has 0 unspecified atom stereocenters. The van der Waals surface area contributed by atoms with Gasteiger partial charge < -0.3 is 29.0 Å². The number of carbonyl (C=O) groups excluding carboxylic acids is 4. The number of ketones is 1. The van der Waals surface area contributed by atoms with E-state index in [1.165, 1.54) is 24.9 Å². The van der Waals surface area contributed by atoms with Crippen LogP contribution in [0.2, 0.25) is 0 Å². The predicted octanol–water partition coefficient (Wildman–Crippen LogP) is 7.78. The maximum atomic E-state index is 14.9. The molecule has 67 heavy (non-hydrogen) atoms. The van der Waals surface area contributed by atoms with Gasteiger partial charge in [-0.15, -0.1) is 10.2 Å². The topological polar surface area (TPSA) is 151 Å². The monoisotopic (exact) mass is 953 g/mol. The number of hydrogen-bond donors (Lipinski definition) is 1. The molecule has 0 saturated carbocycles. The smallest absolute Gasteiger partial charge is 0.413 e. The van der Waals surface area contributed by atoms with Crippen LogP contribution in [0, 0.1) is 23.3 Å². The molecular formula is C43H37F10N7O7. The molecule has 0 radical (unpaired) electrons. The Labute approximate surface area is 373 Å². The van der Waals surface area contributed by atoms with Crippen LogP contribution in [0.5, 0.6) is 0 Å². The molecular weight excluding hydrogens is 916 g/mol. The molecule has 3 heterocycles.